The monoisotopic (exact) mass is 156 g/mol. The summed E-state index contributed by atoms with van der Waals surface area (Å²) < 4.78 is 5.30. The van der Waals surface area contributed by atoms with E-state index in [1.54, 1.807) is 0 Å². The first-order chi connectivity index (χ1) is 5.25. The van der Waals surface area contributed by atoms with Crippen LogP contribution in [0.1, 0.15) is 13.8 Å². The fraction of sp³-hybridized carbons (Fsp3) is 0.875. The second-order valence-electron chi connectivity index (χ2n) is 3.05. The number of nitrogens with zero attached hydrogens (tertiary/aromatic N) is 1. The highest BCUT2D eigenvalue weighted by atomic mass is 16.5. The summed E-state index contributed by atoms with van der Waals surface area (Å²) in [6.07, 6.45) is 1.92. The topological polar surface area (TPSA) is 29.5 Å². The molecule has 2 unspecified atom stereocenters. The van der Waals surface area contributed by atoms with Gasteiger partial charge in [-0.05, 0) is 13.8 Å². The number of rotatable bonds is 2. The van der Waals surface area contributed by atoms with Crippen LogP contribution in [-0.2, 0) is 9.53 Å². The normalized spacial score (nSPS) is 33.6. The molecule has 11 heavy (non-hydrogen) atoms. The van der Waals surface area contributed by atoms with E-state index in [0.29, 0.717) is 18.6 Å². The Morgan fingerprint density at radius 3 is 2.45 bits per heavy atom. The molecule has 0 N–H and O–H groups in total. The van der Waals surface area contributed by atoms with Crippen LogP contribution in [0, 0.1) is 0 Å². The van der Waals surface area contributed by atoms with Crippen molar-refractivity contribution in [3.05, 3.63) is 0 Å². The number of ether oxygens (including phenoxy) is 1. The quantitative estimate of drug-likeness (QED) is 0.572. The lowest BCUT2D eigenvalue weighted by Crippen LogP contribution is -2.50. The molecule has 0 aromatic rings. The molecule has 1 saturated heterocycles. The van der Waals surface area contributed by atoms with E-state index in [1.165, 1.54) is 0 Å². The molecule has 0 aliphatic carbocycles. The fourth-order valence-electron chi connectivity index (χ4n) is 1.42. The van der Waals surface area contributed by atoms with Gasteiger partial charge in [0.15, 0.2) is 0 Å². The smallest absolute Gasteiger partial charge is 0.213 e. The van der Waals surface area contributed by atoms with Crippen LogP contribution in [0.2, 0.25) is 0 Å². The Bertz CT molecular complexity index is 128. The molecule has 1 heterocycles. The van der Waals surface area contributed by atoms with E-state index < -0.39 is 0 Å². The van der Waals surface area contributed by atoms with Gasteiger partial charge >= 0.3 is 0 Å². The lowest BCUT2D eigenvalue weighted by molar-refractivity contribution is -0.0287. The maximum absolute atomic E-state index is 10.2. The summed E-state index contributed by atoms with van der Waals surface area (Å²) in [5.41, 5.74) is 0. The van der Waals surface area contributed by atoms with E-state index in [0.717, 1.165) is 13.2 Å². The Hall–Kier alpha value is -0.410. The van der Waals surface area contributed by atoms with Gasteiger partial charge in [0, 0.05) is 12.1 Å². The van der Waals surface area contributed by atoms with Crippen LogP contribution in [0.4, 0.5) is 0 Å². The minimum atomic E-state index is 0.347. The summed E-state index contributed by atoms with van der Waals surface area (Å²) >= 11 is 0. The van der Waals surface area contributed by atoms with Gasteiger partial charge < -0.3 is 4.74 Å². The SMILES string of the molecule is CC1COCC(C)N1C[C]=O. The first kappa shape index (κ1) is 8.68. The molecule has 3 nitrogen and oxygen atoms in total. The highest BCUT2D eigenvalue weighted by Gasteiger charge is 2.24. The average Bonchev–Trinajstić information content (AvgIpc) is 1.97. The van der Waals surface area contributed by atoms with Crippen molar-refractivity contribution in [1.29, 1.82) is 0 Å². The van der Waals surface area contributed by atoms with Gasteiger partial charge in [-0.15, -0.1) is 0 Å². The zero-order valence-corrected chi connectivity index (χ0v) is 7.04. The van der Waals surface area contributed by atoms with E-state index in [1.807, 2.05) is 6.29 Å². The molecular formula is C8H14NO2. The van der Waals surface area contributed by atoms with Gasteiger partial charge in [0.1, 0.15) is 0 Å². The largest absolute Gasteiger partial charge is 0.378 e. The van der Waals surface area contributed by atoms with Crippen molar-refractivity contribution < 1.29 is 9.53 Å². The molecule has 0 bridgehead atoms. The van der Waals surface area contributed by atoms with Crippen LogP contribution in [0.5, 0.6) is 0 Å². The highest BCUT2D eigenvalue weighted by Crippen LogP contribution is 2.10. The standard InChI is InChI=1S/C8H14NO2/c1-7-5-11-6-8(2)9(7)3-4-10/h7-8H,3,5-6H2,1-2H3. The van der Waals surface area contributed by atoms with E-state index in [4.69, 9.17) is 4.74 Å². The third-order valence-corrected chi connectivity index (χ3v) is 2.10. The Balaban J connectivity index is 2.47. The molecule has 1 radical (unpaired) electrons. The summed E-state index contributed by atoms with van der Waals surface area (Å²) in [5.74, 6) is 0. The molecule has 1 rings (SSSR count). The van der Waals surface area contributed by atoms with Crippen LogP contribution in [0.25, 0.3) is 0 Å². The number of hydrogen-bond acceptors (Lipinski definition) is 3. The molecule has 1 aliphatic rings. The van der Waals surface area contributed by atoms with Crippen molar-refractivity contribution in [1.82, 2.24) is 4.90 Å². The van der Waals surface area contributed by atoms with Gasteiger partial charge in [-0.3, -0.25) is 9.69 Å². The summed E-state index contributed by atoms with van der Waals surface area (Å²) in [7, 11) is 0. The summed E-state index contributed by atoms with van der Waals surface area (Å²) in [5, 5.41) is 0. The zero-order chi connectivity index (χ0) is 8.27. The van der Waals surface area contributed by atoms with Crippen molar-refractivity contribution in [3.8, 4) is 0 Å². The van der Waals surface area contributed by atoms with Crippen LogP contribution in [0.3, 0.4) is 0 Å². The molecule has 0 spiro atoms. The first-order valence-electron chi connectivity index (χ1n) is 3.94. The second-order valence-corrected chi connectivity index (χ2v) is 3.05. The van der Waals surface area contributed by atoms with Gasteiger partial charge in [0.2, 0.25) is 6.29 Å². The van der Waals surface area contributed by atoms with Crippen LogP contribution in [-0.4, -0.2) is 43.0 Å². The van der Waals surface area contributed by atoms with Crippen molar-refractivity contribution in [2.24, 2.45) is 0 Å². The Labute approximate surface area is 67.3 Å². The molecule has 0 aromatic heterocycles. The van der Waals surface area contributed by atoms with Crippen LogP contribution in [0.15, 0.2) is 0 Å². The molecule has 1 aliphatic heterocycles. The van der Waals surface area contributed by atoms with Gasteiger partial charge in [-0.25, -0.2) is 0 Å². The van der Waals surface area contributed by atoms with E-state index >= 15 is 0 Å². The molecule has 2 atom stereocenters. The van der Waals surface area contributed by atoms with E-state index in [-0.39, 0.29) is 0 Å². The predicted octanol–water partition coefficient (Wildman–Crippen LogP) is 0.205. The van der Waals surface area contributed by atoms with Crippen LogP contribution >= 0.6 is 0 Å². The van der Waals surface area contributed by atoms with Gasteiger partial charge in [0.05, 0.1) is 19.8 Å². The lowest BCUT2D eigenvalue weighted by atomic mass is 10.2. The third-order valence-electron chi connectivity index (χ3n) is 2.10. The Kier molecular flexibility index (Phi) is 3.02. The molecule has 1 fully saturated rings. The molecule has 0 aromatic carbocycles. The maximum atomic E-state index is 10.2. The fourth-order valence-corrected chi connectivity index (χ4v) is 1.42. The minimum Gasteiger partial charge on any atom is -0.378 e. The lowest BCUT2D eigenvalue weighted by Gasteiger charge is -2.37. The minimum absolute atomic E-state index is 0.347. The summed E-state index contributed by atoms with van der Waals surface area (Å²) in [4.78, 5) is 12.3. The molecule has 3 heteroatoms. The predicted molar refractivity (Wildman–Crippen MR) is 42.1 cm³/mol. The second kappa shape index (κ2) is 3.83. The van der Waals surface area contributed by atoms with Gasteiger partial charge in [-0.2, -0.15) is 0 Å². The van der Waals surface area contributed by atoms with E-state index in [2.05, 4.69) is 18.7 Å². The van der Waals surface area contributed by atoms with Crippen LogP contribution < -0.4 is 0 Å². The van der Waals surface area contributed by atoms with Crippen molar-refractivity contribution in [2.75, 3.05) is 19.8 Å². The average molecular weight is 156 g/mol. The van der Waals surface area contributed by atoms with Gasteiger partial charge in [0.25, 0.3) is 0 Å². The molecule has 0 saturated carbocycles. The number of hydrogen-bond donors (Lipinski definition) is 0. The van der Waals surface area contributed by atoms with E-state index in [9.17, 15) is 4.79 Å². The maximum Gasteiger partial charge on any atom is 0.213 e. The number of morpholine rings is 1. The third kappa shape index (κ3) is 2.01. The number of carbonyl (C=O) groups excluding carboxylic acids is 1. The molecule has 63 valence electrons. The van der Waals surface area contributed by atoms with Crippen molar-refractivity contribution in [3.63, 3.8) is 0 Å². The van der Waals surface area contributed by atoms with Gasteiger partial charge in [-0.1, -0.05) is 0 Å². The Morgan fingerprint density at radius 1 is 1.45 bits per heavy atom. The zero-order valence-electron chi connectivity index (χ0n) is 7.04. The summed E-state index contributed by atoms with van der Waals surface area (Å²) in [6.45, 7) is 5.99. The van der Waals surface area contributed by atoms with Crippen molar-refractivity contribution >= 4 is 6.29 Å². The first-order valence-corrected chi connectivity index (χ1v) is 3.94. The molecular weight excluding hydrogens is 142 g/mol. The highest BCUT2D eigenvalue weighted by molar-refractivity contribution is 5.53. The van der Waals surface area contributed by atoms with Crippen molar-refractivity contribution in [2.45, 2.75) is 25.9 Å². The molecule has 0 amide bonds. The summed E-state index contributed by atoms with van der Waals surface area (Å²) in [6, 6.07) is 0.695. The Morgan fingerprint density at radius 2 is 2.00 bits per heavy atom.